The van der Waals surface area contributed by atoms with Crippen LogP contribution in [0.4, 0.5) is 0 Å². The van der Waals surface area contributed by atoms with Gasteiger partial charge in [0.2, 0.25) is 0 Å². The van der Waals surface area contributed by atoms with Crippen LogP contribution < -0.4 is 0 Å². The molecule has 0 aliphatic carbocycles. The molecule has 0 unspecified atom stereocenters. The van der Waals surface area contributed by atoms with Crippen molar-refractivity contribution in [3.63, 3.8) is 0 Å². The van der Waals surface area contributed by atoms with E-state index in [1.807, 2.05) is 18.4 Å². The topological polar surface area (TPSA) is 0 Å². The predicted octanol–water partition coefficient (Wildman–Crippen LogP) is 1.85. The quantitative estimate of drug-likeness (QED) is 0.542. The second-order valence-electron chi connectivity index (χ2n) is 1.12. The molecule has 7 heavy (non-hydrogen) atoms. The van der Waals surface area contributed by atoms with Gasteiger partial charge in [-0.15, -0.1) is 4.88 Å². The van der Waals surface area contributed by atoms with Crippen molar-refractivity contribution in [3.05, 3.63) is 22.4 Å². The van der Waals surface area contributed by atoms with E-state index in [1.54, 1.807) is 11.3 Å². The molecule has 1 radical (unpaired) electrons. The Hall–Kier alpha value is 0.804. The van der Waals surface area contributed by atoms with E-state index in [-0.39, 0.29) is 32.7 Å². The smallest absolute Gasteiger partial charge is 0 e. The van der Waals surface area contributed by atoms with Crippen molar-refractivity contribution in [1.29, 1.82) is 0 Å². The minimum Gasteiger partial charge on any atom is -0.270 e. The van der Waals surface area contributed by atoms with Crippen molar-refractivity contribution in [2.45, 2.75) is 6.92 Å². The van der Waals surface area contributed by atoms with Gasteiger partial charge in [0.05, 0.1) is 0 Å². The summed E-state index contributed by atoms with van der Waals surface area (Å²) in [5.41, 5.74) is 0. The Labute approximate surface area is 72.8 Å². The van der Waals surface area contributed by atoms with Crippen LogP contribution in [0.5, 0.6) is 0 Å². The van der Waals surface area contributed by atoms with Crippen LogP contribution in [0.3, 0.4) is 0 Å². The molecule has 0 aliphatic heterocycles. The van der Waals surface area contributed by atoms with Crippen molar-refractivity contribution in [1.82, 2.24) is 0 Å². The maximum absolute atomic E-state index is 3.02. The molecule has 0 atom stereocenters. The van der Waals surface area contributed by atoms with Gasteiger partial charge in [-0.2, -0.15) is 5.38 Å². The van der Waals surface area contributed by atoms with E-state index in [0.29, 0.717) is 0 Å². The summed E-state index contributed by atoms with van der Waals surface area (Å²) < 4.78 is 0. The van der Waals surface area contributed by atoms with E-state index < -0.39 is 0 Å². The Balaban J connectivity index is 0.000000360. The van der Waals surface area contributed by atoms with Crippen LogP contribution in [-0.2, 0) is 32.7 Å². The molecular weight excluding hydrogens is 181 g/mol. The normalized spacial score (nSPS) is 7.57. The summed E-state index contributed by atoms with van der Waals surface area (Å²) >= 11 is 1.72. The first-order valence-electron chi connectivity index (χ1n) is 1.81. The molecule has 1 heterocycles. The van der Waals surface area contributed by atoms with Crippen LogP contribution in [0.15, 0.2) is 11.4 Å². The standard InChI is InChI=1S/C5H5S.Y/c1-5-3-2-4-6-5;/h2,4H,1H3;/q-1;. The van der Waals surface area contributed by atoms with Crippen LogP contribution in [-0.4, -0.2) is 0 Å². The Bertz CT molecular complexity index is 112. The third kappa shape index (κ3) is 2.58. The Morgan fingerprint density at radius 2 is 2.43 bits per heavy atom. The average molecular weight is 186 g/mol. The molecular formula is C5H5SY-. The number of aryl methyl sites for hydroxylation is 1. The van der Waals surface area contributed by atoms with Gasteiger partial charge in [0.15, 0.2) is 0 Å². The minimum absolute atomic E-state index is 0. The molecule has 0 aromatic carbocycles. The van der Waals surface area contributed by atoms with Crippen LogP contribution in [0.1, 0.15) is 4.88 Å². The number of thiophene rings is 1. The van der Waals surface area contributed by atoms with Gasteiger partial charge in [-0.1, -0.05) is 0 Å². The number of hydrogen-bond acceptors (Lipinski definition) is 1. The summed E-state index contributed by atoms with van der Waals surface area (Å²) in [6.45, 7) is 2.05. The molecule has 0 amide bonds. The number of hydrogen-bond donors (Lipinski definition) is 0. The first kappa shape index (κ1) is 7.80. The zero-order valence-electron chi connectivity index (χ0n) is 4.14. The van der Waals surface area contributed by atoms with E-state index in [4.69, 9.17) is 0 Å². The molecule has 0 spiro atoms. The van der Waals surface area contributed by atoms with Gasteiger partial charge in [0, 0.05) is 32.7 Å². The van der Waals surface area contributed by atoms with Crippen LogP contribution in [0, 0.1) is 13.0 Å². The summed E-state index contributed by atoms with van der Waals surface area (Å²) in [7, 11) is 0. The molecule has 0 fully saturated rings. The second kappa shape index (κ2) is 3.76. The Morgan fingerprint density at radius 1 is 1.71 bits per heavy atom. The molecule has 35 valence electrons. The molecule has 0 N–H and O–H groups in total. The maximum atomic E-state index is 3.02. The van der Waals surface area contributed by atoms with Crippen molar-refractivity contribution in [3.8, 4) is 0 Å². The van der Waals surface area contributed by atoms with Crippen LogP contribution in [0.2, 0.25) is 0 Å². The fourth-order valence-corrected chi connectivity index (χ4v) is 0.798. The van der Waals surface area contributed by atoms with Crippen molar-refractivity contribution in [2.75, 3.05) is 0 Å². The summed E-state index contributed by atoms with van der Waals surface area (Å²) in [4.78, 5) is 1.26. The molecule has 0 bridgehead atoms. The molecule has 1 rings (SSSR count). The Morgan fingerprint density at radius 3 is 2.57 bits per heavy atom. The van der Waals surface area contributed by atoms with Gasteiger partial charge < -0.3 is 0 Å². The fraction of sp³-hybridized carbons (Fsp3) is 0.200. The molecule has 0 nitrogen and oxygen atoms in total. The van der Waals surface area contributed by atoms with E-state index in [0.717, 1.165) is 0 Å². The summed E-state index contributed by atoms with van der Waals surface area (Å²) in [6.07, 6.45) is 0. The Kier molecular flexibility index (Phi) is 4.20. The third-order valence-electron chi connectivity index (χ3n) is 0.599. The third-order valence-corrected chi connectivity index (χ3v) is 1.34. The summed E-state index contributed by atoms with van der Waals surface area (Å²) in [5.74, 6) is 0. The van der Waals surface area contributed by atoms with E-state index in [9.17, 15) is 0 Å². The van der Waals surface area contributed by atoms with Crippen LogP contribution >= 0.6 is 11.3 Å². The molecule has 1 aromatic rings. The van der Waals surface area contributed by atoms with Gasteiger partial charge in [-0.3, -0.25) is 11.3 Å². The predicted molar refractivity (Wildman–Crippen MR) is 27.9 cm³/mol. The SMILES string of the molecule is Cc1[c-]ccs1.[Y]. The first-order valence-corrected chi connectivity index (χ1v) is 2.69. The molecule has 2 heteroatoms. The fourth-order valence-electron chi connectivity index (χ4n) is 0.321. The molecule has 0 saturated heterocycles. The average Bonchev–Trinajstić information content (AvgIpc) is 1.86. The maximum Gasteiger partial charge on any atom is 0 e. The first-order chi connectivity index (χ1) is 2.89. The van der Waals surface area contributed by atoms with Gasteiger partial charge >= 0.3 is 0 Å². The van der Waals surface area contributed by atoms with Gasteiger partial charge in [0.1, 0.15) is 0 Å². The van der Waals surface area contributed by atoms with E-state index >= 15 is 0 Å². The van der Waals surface area contributed by atoms with E-state index in [2.05, 4.69) is 6.07 Å². The second-order valence-corrected chi connectivity index (χ2v) is 2.24. The van der Waals surface area contributed by atoms with Gasteiger partial charge in [-0.05, 0) is 6.92 Å². The molecule has 0 saturated carbocycles. The summed E-state index contributed by atoms with van der Waals surface area (Å²) in [5, 5.41) is 2.02. The largest absolute Gasteiger partial charge is 0.270 e. The monoisotopic (exact) mass is 186 g/mol. The zero-order valence-corrected chi connectivity index (χ0v) is 7.80. The zero-order chi connectivity index (χ0) is 4.41. The molecule has 1 aromatic heterocycles. The van der Waals surface area contributed by atoms with Gasteiger partial charge in [-0.25, -0.2) is 12.1 Å². The van der Waals surface area contributed by atoms with Gasteiger partial charge in [0.25, 0.3) is 0 Å². The van der Waals surface area contributed by atoms with Crippen molar-refractivity contribution in [2.24, 2.45) is 0 Å². The van der Waals surface area contributed by atoms with Crippen LogP contribution in [0.25, 0.3) is 0 Å². The minimum atomic E-state index is 0. The van der Waals surface area contributed by atoms with Crippen molar-refractivity contribution >= 4 is 11.3 Å². The molecule has 0 aliphatic rings. The number of rotatable bonds is 0. The van der Waals surface area contributed by atoms with Crippen molar-refractivity contribution < 1.29 is 32.7 Å². The van der Waals surface area contributed by atoms with E-state index in [1.165, 1.54) is 4.88 Å². The summed E-state index contributed by atoms with van der Waals surface area (Å²) in [6, 6.07) is 4.95.